The molecular formula is C20H28ClN5OS. The number of halogens is 1. The Labute approximate surface area is 176 Å². The Hall–Kier alpha value is -1.96. The minimum Gasteiger partial charge on any atom is -0.302 e. The number of benzene rings is 1. The van der Waals surface area contributed by atoms with E-state index in [4.69, 9.17) is 4.98 Å². The maximum Gasteiger partial charge on any atom is 0.278 e. The molecule has 0 spiro atoms. The number of carbonyl (C=O) groups excluding carboxylic acids is 1. The number of hydrogen-bond acceptors (Lipinski definition) is 5. The van der Waals surface area contributed by atoms with Gasteiger partial charge in [-0.15, -0.1) is 12.4 Å². The monoisotopic (exact) mass is 421 g/mol. The maximum absolute atomic E-state index is 13.4. The first-order chi connectivity index (χ1) is 12.9. The van der Waals surface area contributed by atoms with Crippen molar-refractivity contribution in [2.24, 2.45) is 7.05 Å². The number of fused-ring (bicyclic) bond motifs is 1. The average Bonchev–Trinajstić information content (AvgIpc) is 3.20. The highest BCUT2D eigenvalue weighted by molar-refractivity contribution is 7.22. The molecule has 0 aliphatic heterocycles. The molecule has 0 unspecified atom stereocenters. The number of thiazole rings is 1. The van der Waals surface area contributed by atoms with E-state index in [1.165, 1.54) is 5.56 Å². The van der Waals surface area contributed by atoms with E-state index in [0.717, 1.165) is 40.5 Å². The first-order valence-electron chi connectivity index (χ1n) is 9.34. The van der Waals surface area contributed by atoms with E-state index in [1.54, 1.807) is 22.2 Å². The van der Waals surface area contributed by atoms with Gasteiger partial charge in [-0.3, -0.25) is 14.4 Å². The quantitative estimate of drug-likeness (QED) is 0.577. The van der Waals surface area contributed by atoms with Gasteiger partial charge in [-0.1, -0.05) is 31.3 Å². The number of hydrogen-bond donors (Lipinski definition) is 0. The van der Waals surface area contributed by atoms with Crippen molar-refractivity contribution in [2.75, 3.05) is 31.1 Å². The summed E-state index contributed by atoms with van der Waals surface area (Å²) in [5, 5.41) is 4.98. The van der Waals surface area contributed by atoms with Crippen molar-refractivity contribution in [1.29, 1.82) is 0 Å². The van der Waals surface area contributed by atoms with E-state index in [0.29, 0.717) is 12.2 Å². The Morgan fingerprint density at radius 3 is 2.50 bits per heavy atom. The Morgan fingerprint density at radius 2 is 1.89 bits per heavy atom. The molecule has 152 valence electrons. The van der Waals surface area contributed by atoms with Crippen LogP contribution in [0, 0.1) is 13.8 Å². The Balaban J connectivity index is 0.00000280. The lowest BCUT2D eigenvalue weighted by atomic mass is 10.2. The van der Waals surface area contributed by atoms with E-state index in [2.05, 4.69) is 42.9 Å². The van der Waals surface area contributed by atoms with Crippen LogP contribution in [0.2, 0.25) is 0 Å². The molecule has 3 aromatic rings. The number of likely N-dealkylation sites (N-methyl/N-ethyl adjacent to an activating group) is 1. The van der Waals surface area contributed by atoms with Crippen LogP contribution >= 0.6 is 23.7 Å². The number of carbonyl (C=O) groups is 1. The molecule has 3 rings (SSSR count). The predicted octanol–water partition coefficient (Wildman–Crippen LogP) is 4.06. The first-order valence-corrected chi connectivity index (χ1v) is 10.2. The van der Waals surface area contributed by atoms with E-state index in [-0.39, 0.29) is 18.3 Å². The summed E-state index contributed by atoms with van der Waals surface area (Å²) >= 11 is 1.57. The van der Waals surface area contributed by atoms with Gasteiger partial charge in [0, 0.05) is 20.1 Å². The number of aryl methyl sites for hydroxylation is 3. The highest BCUT2D eigenvalue weighted by Crippen LogP contribution is 2.30. The van der Waals surface area contributed by atoms with Gasteiger partial charge in [-0.25, -0.2) is 4.98 Å². The van der Waals surface area contributed by atoms with Gasteiger partial charge in [0.1, 0.15) is 5.69 Å². The van der Waals surface area contributed by atoms with E-state index in [1.807, 2.05) is 24.9 Å². The van der Waals surface area contributed by atoms with Crippen molar-refractivity contribution in [3.63, 3.8) is 0 Å². The van der Waals surface area contributed by atoms with Crippen molar-refractivity contribution < 1.29 is 4.79 Å². The Kier molecular flexibility index (Phi) is 7.57. The minimum absolute atomic E-state index is 0. The number of rotatable bonds is 7. The molecule has 0 saturated heterocycles. The molecule has 2 heterocycles. The van der Waals surface area contributed by atoms with Gasteiger partial charge in [0.05, 0.1) is 16.4 Å². The van der Waals surface area contributed by atoms with Gasteiger partial charge >= 0.3 is 0 Å². The molecule has 0 aliphatic carbocycles. The van der Waals surface area contributed by atoms with Gasteiger partial charge in [0.15, 0.2) is 5.13 Å². The summed E-state index contributed by atoms with van der Waals surface area (Å²) in [6.07, 6.45) is 1.73. The lowest BCUT2D eigenvalue weighted by Crippen LogP contribution is -2.39. The predicted molar refractivity (Wildman–Crippen MR) is 119 cm³/mol. The van der Waals surface area contributed by atoms with Crippen LogP contribution in [-0.2, 0) is 7.05 Å². The summed E-state index contributed by atoms with van der Waals surface area (Å²) in [7, 11) is 1.81. The molecule has 0 saturated carbocycles. The van der Waals surface area contributed by atoms with Gasteiger partial charge in [-0.05, 0) is 50.2 Å². The normalized spacial score (nSPS) is 11.1. The standard InChI is InChI=1S/C20H27N5OS.ClH/c1-6-24(7-2)10-11-25(19(26)18-15(4)13-21-23(18)5)20-22-16-9-8-14(3)12-17(16)27-20;/h8-9,12-13H,6-7,10-11H2,1-5H3;1H. The average molecular weight is 422 g/mol. The molecular weight excluding hydrogens is 394 g/mol. The summed E-state index contributed by atoms with van der Waals surface area (Å²) in [5.41, 5.74) is 3.63. The zero-order valence-electron chi connectivity index (χ0n) is 17.1. The molecule has 0 atom stereocenters. The van der Waals surface area contributed by atoms with E-state index in [9.17, 15) is 4.79 Å². The summed E-state index contributed by atoms with van der Waals surface area (Å²) in [6.45, 7) is 11.6. The second kappa shape index (κ2) is 9.49. The second-order valence-corrected chi connectivity index (χ2v) is 7.76. The molecule has 6 nitrogen and oxygen atoms in total. The smallest absolute Gasteiger partial charge is 0.278 e. The van der Waals surface area contributed by atoms with Crippen molar-refractivity contribution in [1.82, 2.24) is 19.7 Å². The number of anilines is 1. The molecule has 0 radical (unpaired) electrons. The van der Waals surface area contributed by atoms with E-state index < -0.39 is 0 Å². The lowest BCUT2D eigenvalue weighted by Gasteiger charge is -2.25. The first kappa shape index (κ1) is 22.3. The summed E-state index contributed by atoms with van der Waals surface area (Å²) in [6, 6.07) is 6.20. The number of amides is 1. The molecule has 2 aromatic heterocycles. The molecule has 0 fully saturated rings. The van der Waals surface area contributed by atoms with Crippen LogP contribution in [0.25, 0.3) is 10.2 Å². The zero-order chi connectivity index (χ0) is 19.6. The molecule has 0 N–H and O–H groups in total. The second-order valence-electron chi connectivity index (χ2n) is 6.75. The van der Waals surface area contributed by atoms with Crippen molar-refractivity contribution in [3.05, 3.63) is 41.2 Å². The lowest BCUT2D eigenvalue weighted by molar-refractivity contribution is 0.0974. The third kappa shape index (κ3) is 4.54. The van der Waals surface area contributed by atoms with Crippen LogP contribution in [0.15, 0.2) is 24.4 Å². The van der Waals surface area contributed by atoms with Crippen molar-refractivity contribution in [2.45, 2.75) is 27.7 Å². The van der Waals surface area contributed by atoms with Crippen LogP contribution < -0.4 is 4.90 Å². The van der Waals surface area contributed by atoms with Crippen LogP contribution in [0.4, 0.5) is 5.13 Å². The maximum atomic E-state index is 13.4. The van der Waals surface area contributed by atoms with Crippen LogP contribution in [0.1, 0.15) is 35.5 Å². The van der Waals surface area contributed by atoms with E-state index >= 15 is 0 Å². The van der Waals surface area contributed by atoms with Gasteiger partial charge < -0.3 is 4.90 Å². The van der Waals surface area contributed by atoms with Crippen LogP contribution in [0.5, 0.6) is 0 Å². The highest BCUT2D eigenvalue weighted by atomic mass is 35.5. The fourth-order valence-corrected chi connectivity index (χ4v) is 4.27. The molecule has 1 aromatic carbocycles. The van der Waals surface area contributed by atoms with Gasteiger partial charge in [-0.2, -0.15) is 5.10 Å². The SMILES string of the molecule is CCN(CC)CCN(C(=O)c1c(C)cnn1C)c1nc2ccc(C)cc2s1.Cl. The Morgan fingerprint density at radius 1 is 1.18 bits per heavy atom. The third-order valence-corrected chi connectivity index (χ3v) is 5.91. The fourth-order valence-electron chi connectivity index (χ4n) is 3.18. The number of aromatic nitrogens is 3. The third-order valence-electron chi connectivity index (χ3n) is 4.87. The zero-order valence-corrected chi connectivity index (χ0v) is 18.7. The largest absolute Gasteiger partial charge is 0.302 e. The minimum atomic E-state index is -0.0459. The fraction of sp³-hybridized carbons (Fsp3) is 0.450. The van der Waals surface area contributed by atoms with Gasteiger partial charge in [0.25, 0.3) is 5.91 Å². The number of nitrogens with zero attached hydrogens (tertiary/aromatic N) is 5. The van der Waals surface area contributed by atoms with Crippen LogP contribution in [0.3, 0.4) is 0 Å². The highest BCUT2D eigenvalue weighted by Gasteiger charge is 2.25. The summed E-state index contributed by atoms with van der Waals surface area (Å²) in [5.74, 6) is -0.0459. The Bertz CT molecular complexity index is 928. The van der Waals surface area contributed by atoms with Gasteiger partial charge in [0.2, 0.25) is 0 Å². The van der Waals surface area contributed by atoms with Crippen molar-refractivity contribution in [3.8, 4) is 0 Å². The summed E-state index contributed by atoms with van der Waals surface area (Å²) < 4.78 is 2.76. The molecule has 1 amide bonds. The molecule has 8 heteroatoms. The summed E-state index contributed by atoms with van der Waals surface area (Å²) in [4.78, 5) is 22.3. The van der Waals surface area contributed by atoms with Crippen molar-refractivity contribution >= 4 is 45.0 Å². The van der Waals surface area contributed by atoms with Crippen LogP contribution in [-0.4, -0.2) is 51.8 Å². The molecule has 28 heavy (non-hydrogen) atoms. The topological polar surface area (TPSA) is 54.3 Å². The molecule has 0 aliphatic rings. The molecule has 0 bridgehead atoms.